The molecule has 0 aromatic heterocycles. The van der Waals surface area contributed by atoms with Gasteiger partial charge in [-0.25, -0.2) is 4.79 Å². The van der Waals surface area contributed by atoms with E-state index in [9.17, 15) is 4.79 Å². The highest BCUT2D eigenvalue weighted by molar-refractivity contribution is 5.90. The number of esters is 1. The first-order valence-electron chi connectivity index (χ1n) is 8.71. The van der Waals surface area contributed by atoms with Gasteiger partial charge in [-0.2, -0.15) is 0 Å². The van der Waals surface area contributed by atoms with E-state index >= 15 is 0 Å². The molecule has 1 atom stereocenters. The van der Waals surface area contributed by atoms with Crippen LogP contribution in [0.15, 0.2) is 24.3 Å². The number of anilines is 1. The molecular formula is C18H29ClN4O2. The van der Waals surface area contributed by atoms with Crippen molar-refractivity contribution in [3.8, 4) is 0 Å². The van der Waals surface area contributed by atoms with Gasteiger partial charge in [0.2, 0.25) is 0 Å². The molecule has 0 saturated carbocycles. The third kappa shape index (κ3) is 4.64. The molecule has 0 amide bonds. The van der Waals surface area contributed by atoms with Crippen molar-refractivity contribution in [2.24, 2.45) is 5.73 Å². The Morgan fingerprint density at radius 3 is 2.60 bits per heavy atom. The Morgan fingerprint density at radius 1 is 1.20 bits per heavy atom. The maximum atomic E-state index is 11.8. The van der Waals surface area contributed by atoms with Crippen LogP contribution in [0.5, 0.6) is 0 Å². The molecule has 1 aromatic carbocycles. The first-order valence-corrected chi connectivity index (χ1v) is 8.71. The molecule has 140 valence electrons. The molecule has 7 heteroatoms. The Kier molecular flexibility index (Phi) is 7.07. The van der Waals surface area contributed by atoms with Crippen LogP contribution in [0, 0.1) is 0 Å². The zero-order valence-electron chi connectivity index (χ0n) is 15.1. The first kappa shape index (κ1) is 20.0. The number of piperidine rings is 1. The van der Waals surface area contributed by atoms with Crippen LogP contribution in [0.3, 0.4) is 0 Å². The minimum Gasteiger partial charge on any atom is -0.465 e. The number of halogens is 1. The van der Waals surface area contributed by atoms with Gasteiger partial charge in [0.25, 0.3) is 0 Å². The molecule has 2 heterocycles. The minimum atomic E-state index is -0.285. The number of piperazine rings is 1. The molecule has 2 aliphatic rings. The van der Waals surface area contributed by atoms with Crippen LogP contribution < -0.4 is 10.6 Å². The van der Waals surface area contributed by atoms with Crippen LogP contribution in [0.25, 0.3) is 0 Å². The minimum absolute atomic E-state index is 0. The summed E-state index contributed by atoms with van der Waals surface area (Å²) >= 11 is 0. The molecule has 0 bridgehead atoms. The summed E-state index contributed by atoms with van der Waals surface area (Å²) < 4.78 is 4.84. The van der Waals surface area contributed by atoms with Gasteiger partial charge >= 0.3 is 5.97 Å². The number of rotatable bonds is 3. The lowest BCUT2D eigenvalue weighted by molar-refractivity contribution is 0.0349. The summed E-state index contributed by atoms with van der Waals surface area (Å²) in [5.41, 5.74) is 7.74. The summed E-state index contributed by atoms with van der Waals surface area (Å²) in [7, 11) is 3.61. The van der Waals surface area contributed by atoms with Crippen molar-refractivity contribution in [2.75, 3.05) is 51.8 Å². The molecule has 1 unspecified atom stereocenters. The van der Waals surface area contributed by atoms with Gasteiger partial charge in [-0.15, -0.1) is 12.4 Å². The predicted molar refractivity (Wildman–Crippen MR) is 102 cm³/mol. The number of nitrogens with two attached hydrogens (primary N) is 1. The van der Waals surface area contributed by atoms with E-state index in [2.05, 4.69) is 27.8 Å². The van der Waals surface area contributed by atoms with E-state index in [-0.39, 0.29) is 18.4 Å². The van der Waals surface area contributed by atoms with E-state index in [4.69, 9.17) is 10.5 Å². The largest absolute Gasteiger partial charge is 0.465 e. The molecule has 0 aliphatic carbocycles. The number of nitrogens with zero attached hydrogens (tertiary/aromatic N) is 3. The molecule has 2 saturated heterocycles. The van der Waals surface area contributed by atoms with E-state index in [0.29, 0.717) is 17.8 Å². The number of hydrogen-bond donors (Lipinski definition) is 1. The highest BCUT2D eigenvalue weighted by Crippen LogP contribution is 2.23. The second-order valence-corrected chi connectivity index (χ2v) is 6.82. The van der Waals surface area contributed by atoms with Gasteiger partial charge < -0.3 is 15.4 Å². The Hall–Kier alpha value is -1.34. The number of ether oxygens (including phenoxy) is 1. The fourth-order valence-electron chi connectivity index (χ4n) is 3.65. The van der Waals surface area contributed by atoms with Gasteiger partial charge in [0.05, 0.1) is 18.8 Å². The summed E-state index contributed by atoms with van der Waals surface area (Å²) in [6.07, 6.45) is 2.54. The monoisotopic (exact) mass is 368 g/mol. The van der Waals surface area contributed by atoms with Crippen molar-refractivity contribution >= 4 is 24.1 Å². The second kappa shape index (κ2) is 8.85. The van der Waals surface area contributed by atoms with Gasteiger partial charge in [-0.05, 0) is 38.1 Å². The van der Waals surface area contributed by atoms with E-state index < -0.39 is 0 Å². The highest BCUT2D eigenvalue weighted by Gasteiger charge is 2.31. The van der Waals surface area contributed by atoms with Gasteiger partial charge in [0.15, 0.2) is 0 Å². The van der Waals surface area contributed by atoms with Gasteiger partial charge in [-0.1, -0.05) is 6.07 Å². The van der Waals surface area contributed by atoms with Crippen LogP contribution in [-0.4, -0.2) is 74.9 Å². The highest BCUT2D eigenvalue weighted by atomic mass is 35.5. The van der Waals surface area contributed by atoms with Crippen molar-refractivity contribution in [3.63, 3.8) is 0 Å². The van der Waals surface area contributed by atoms with Gasteiger partial charge in [0.1, 0.15) is 0 Å². The van der Waals surface area contributed by atoms with Crippen LogP contribution in [0.1, 0.15) is 23.2 Å². The topological polar surface area (TPSA) is 62.0 Å². The van der Waals surface area contributed by atoms with Crippen LogP contribution in [-0.2, 0) is 4.74 Å². The molecule has 1 aromatic rings. The van der Waals surface area contributed by atoms with Crippen molar-refractivity contribution in [1.82, 2.24) is 9.80 Å². The third-order valence-corrected chi connectivity index (χ3v) is 5.24. The first-order chi connectivity index (χ1) is 11.6. The molecule has 0 radical (unpaired) electrons. The normalized spacial score (nSPS) is 23.2. The standard InChI is InChI=1S/C18H28N4O2.ClH/c1-20-10-11-22(13-17(20)21-8-6-15(19)7-9-21)16-5-3-4-14(12-16)18(23)24-2;/h3-5,12,15,17H,6-11,13,19H2,1-2H3;1H. The van der Waals surface area contributed by atoms with Crippen molar-refractivity contribution in [2.45, 2.75) is 25.0 Å². The molecule has 2 N–H and O–H groups in total. The number of carbonyl (C=O) groups excluding carboxylic acids is 1. The summed E-state index contributed by atoms with van der Waals surface area (Å²) in [6, 6.07) is 8.08. The molecule has 25 heavy (non-hydrogen) atoms. The number of benzene rings is 1. The molecule has 3 rings (SSSR count). The van der Waals surface area contributed by atoms with Gasteiger partial charge in [-0.3, -0.25) is 9.80 Å². The van der Waals surface area contributed by atoms with E-state index in [1.165, 1.54) is 7.11 Å². The summed E-state index contributed by atoms with van der Waals surface area (Å²) in [5, 5.41) is 0. The molecule has 6 nitrogen and oxygen atoms in total. The lowest BCUT2D eigenvalue weighted by Gasteiger charge is -2.47. The molecular weight excluding hydrogens is 340 g/mol. The quantitative estimate of drug-likeness (QED) is 0.814. The van der Waals surface area contributed by atoms with E-state index in [0.717, 1.165) is 51.3 Å². The lowest BCUT2D eigenvalue weighted by atomic mass is 10.0. The fourth-order valence-corrected chi connectivity index (χ4v) is 3.65. The molecule has 2 aliphatic heterocycles. The number of likely N-dealkylation sites (N-methyl/N-ethyl adjacent to an activating group) is 1. The Balaban J connectivity index is 0.00000225. The molecule has 2 fully saturated rings. The van der Waals surface area contributed by atoms with Crippen LogP contribution >= 0.6 is 12.4 Å². The summed E-state index contributed by atoms with van der Waals surface area (Å²) in [5.74, 6) is -0.285. The summed E-state index contributed by atoms with van der Waals surface area (Å²) in [6.45, 7) is 5.04. The van der Waals surface area contributed by atoms with Crippen molar-refractivity contribution in [1.29, 1.82) is 0 Å². The van der Waals surface area contributed by atoms with E-state index in [1.54, 1.807) is 6.07 Å². The maximum absolute atomic E-state index is 11.8. The number of hydrogen-bond acceptors (Lipinski definition) is 6. The number of methoxy groups -OCH3 is 1. The SMILES string of the molecule is COC(=O)c1cccc(N2CCN(C)C(N3CCC(N)CC3)C2)c1.Cl. The van der Waals surface area contributed by atoms with Crippen LogP contribution in [0.4, 0.5) is 5.69 Å². The maximum Gasteiger partial charge on any atom is 0.337 e. The Labute approximate surface area is 156 Å². The Morgan fingerprint density at radius 2 is 1.92 bits per heavy atom. The molecule has 0 spiro atoms. The van der Waals surface area contributed by atoms with Crippen molar-refractivity contribution in [3.05, 3.63) is 29.8 Å². The average molecular weight is 369 g/mol. The second-order valence-electron chi connectivity index (χ2n) is 6.82. The van der Waals surface area contributed by atoms with E-state index in [1.807, 2.05) is 12.1 Å². The average Bonchev–Trinajstić information content (AvgIpc) is 2.62. The predicted octanol–water partition coefficient (Wildman–Crippen LogP) is 1.40. The smallest absolute Gasteiger partial charge is 0.337 e. The van der Waals surface area contributed by atoms with Gasteiger partial charge in [0, 0.05) is 44.5 Å². The number of likely N-dealkylation sites (tertiary alicyclic amines) is 1. The number of carbonyl (C=O) groups is 1. The lowest BCUT2D eigenvalue weighted by Crippen LogP contribution is -2.61. The Bertz CT molecular complexity index is 578. The van der Waals surface area contributed by atoms with Crippen molar-refractivity contribution < 1.29 is 9.53 Å². The third-order valence-electron chi connectivity index (χ3n) is 5.24. The zero-order chi connectivity index (χ0) is 17.1. The zero-order valence-corrected chi connectivity index (χ0v) is 15.9. The van der Waals surface area contributed by atoms with Crippen LogP contribution in [0.2, 0.25) is 0 Å². The fraction of sp³-hybridized carbons (Fsp3) is 0.611. The summed E-state index contributed by atoms with van der Waals surface area (Å²) in [4.78, 5) is 19.1.